The Kier molecular flexibility index (Phi) is 4.55. The van der Waals surface area contributed by atoms with Gasteiger partial charge in [-0.15, -0.1) is 0 Å². The zero-order valence-corrected chi connectivity index (χ0v) is 11.6. The summed E-state index contributed by atoms with van der Waals surface area (Å²) in [5, 5.41) is 3.33. The number of anilines is 1. The van der Waals surface area contributed by atoms with Crippen LogP contribution in [0.1, 0.15) is 25.0 Å². The van der Waals surface area contributed by atoms with Gasteiger partial charge in [-0.1, -0.05) is 6.92 Å². The molecule has 2 rings (SSSR count). The first-order valence-electron chi connectivity index (χ1n) is 6.73. The van der Waals surface area contributed by atoms with Crippen molar-refractivity contribution in [1.29, 1.82) is 0 Å². The Labute approximate surface area is 109 Å². The van der Waals surface area contributed by atoms with E-state index in [4.69, 9.17) is 4.74 Å². The highest BCUT2D eigenvalue weighted by Gasteiger charge is 2.21. The molecule has 1 N–H and O–H groups in total. The number of aryl methyl sites for hydroxylation is 1. The summed E-state index contributed by atoms with van der Waals surface area (Å²) in [6, 6.07) is 2.64. The van der Waals surface area contributed by atoms with Gasteiger partial charge in [0.1, 0.15) is 5.82 Å². The average molecular weight is 249 g/mol. The maximum atomic E-state index is 5.47. The number of hydrogen-bond acceptors (Lipinski definition) is 4. The van der Waals surface area contributed by atoms with Gasteiger partial charge in [0, 0.05) is 19.3 Å². The lowest BCUT2D eigenvalue weighted by molar-refractivity contribution is 0.0985. The predicted molar refractivity (Wildman–Crippen MR) is 74.0 cm³/mol. The summed E-state index contributed by atoms with van der Waals surface area (Å²) in [4.78, 5) is 6.98. The second kappa shape index (κ2) is 6.16. The molecule has 1 fully saturated rings. The third kappa shape index (κ3) is 3.00. The maximum absolute atomic E-state index is 5.47. The van der Waals surface area contributed by atoms with E-state index in [9.17, 15) is 0 Å². The van der Waals surface area contributed by atoms with Crippen LogP contribution in [-0.2, 0) is 11.3 Å². The summed E-state index contributed by atoms with van der Waals surface area (Å²) in [5.74, 6) is 1.10. The quantitative estimate of drug-likeness (QED) is 0.882. The number of aromatic nitrogens is 1. The molecule has 1 atom stereocenters. The SMILES string of the molecule is CCNCc1cnc(N2CCOCC2C)c(C)c1. The van der Waals surface area contributed by atoms with Gasteiger partial charge in [0.2, 0.25) is 0 Å². The smallest absolute Gasteiger partial charge is 0.131 e. The van der Waals surface area contributed by atoms with Gasteiger partial charge >= 0.3 is 0 Å². The van der Waals surface area contributed by atoms with Gasteiger partial charge in [-0.2, -0.15) is 0 Å². The first-order valence-corrected chi connectivity index (χ1v) is 6.73. The van der Waals surface area contributed by atoms with Gasteiger partial charge in [0.25, 0.3) is 0 Å². The number of rotatable bonds is 4. The van der Waals surface area contributed by atoms with E-state index >= 15 is 0 Å². The molecule has 1 saturated heterocycles. The highest BCUT2D eigenvalue weighted by atomic mass is 16.5. The van der Waals surface area contributed by atoms with Crippen molar-refractivity contribution in [3.05, 3.63) is 23.4 Å². The second-order valence-corrected chi connectivity index (χ2v) is 4.88. The summed E-state index contributed by atoms with van der Waals surface area (Å²) >= 11 is 0. The zero-order valence-electron chi connectivity index (χ0n) is 11.6. The van der Waals surface area contributed by atoms with Crippen LogP contribution in [0.2, 0.25) is 0 Å². The molecule has 0 aromatic carbocycles. The number of pyridine rings is 1. The van der Waals surface area contributed by atoms with E-state index in [1.165, 1.54) is 11.1 Å². The maximum Gasteiger partial charge on any atom is 0.131 e. The monoisotopic (exact) mass is 249 g/mol. The van der Waals surface area contributed by atoms with Crippen LogP contribution in [0.3, 0.4) is 0 Å². The predicted octanol–water partition coefficient (Wildman–Crippen LogP) is 1.72. The number of nitrogens with zero attached hydrogens (tertiary/aromatic N) is 2. The minimum Gasteiger partial charge on any atom is -0.377 e. The van der Waals surface area contributed by atoms with Crippen LogP contribution in [0.5, 0.6) is 0 Å². The van der Waals surface area contributed by atoms with Crippen LogP contribution in [0.15, 0.2) is 12.3 Å². The molecule has 0 aliphatic carbocycles. The molecule has 1 aliphatic heterocycles. The van der Waals surface area contributed by atoms with Crippen LogP contribution in [0, 0.1) is 6.92 Å². The van der Waals surface area contributed by atoms with Crippen molar-refractivity contribution in [2.45, 2.75) is 33.4 Å². The van der Waals surface area contributed by atoms with Gasteiger partial charge in [-0.25, -0.2) is 4.98 Å². The summed E-state index contributed by atoms with van der Waals surface area (Å²) < 4.78 is 5.47. The van der Waals surface area contributed by atoms with Crippen molar-refractivity contribution in [2.75, 3.05) is 31.2 Å². The number of morpholine rings is 1. The van der Waals surface area contributed by atoms with E-state index in [0.29, 0.717) is 6.04 Å². The van der Waals surface area contributed by atoms with Crippen LogP contribution in [-0.4, -0.2) is 37.3 Å². The molecule has 0 bridgehead atoms. The Morgan fingerprint density at radius 2 is 2.39 bits per heavy atom. The second-order valence-electron chi connectivity index (χ2n) is 4.88. The molecule has 4 nitrogen and oxygen atoms in total. The Hall–Kier alpha value is -1.13. The lowest BCUT2D eigenvalue weighted by Crippen LogP contribution is -2.44. The van der Waals surface area contributed by atoms with Crippen molar-refractivity contribution in [2.24, 2.45) is 0 Å². The normalized spacial score (nSPS) is 20.2. The lowest BCUT2D eigenvalue weighted by Gasteiger charge is -2.35. The summed E-state index contributed by atoms with van der Waals surface area (Å²) in [7, 11) is 0. The summed E-state index contributed by atoms with van der Waals surface area (Å²) in [6.45, 7) is 10.8. The van der Waals surface area contributed by atoms with E-state index in [-0.39, 0.29) is 0 Å². The van der Waals surface area contributed by atoms with Crippen LogP contribution in [0.25, 0.3) is 0 Å². The molecule has 0 radical (unpaired) electrons. The molecular weight excluding hydrogens is 226 g/mol. The van der Waals surface area contributed by atoms with Crippen molar-refractivity contribution < 1.29 is 4.74 Å². The fourth-order valence-corrected chi connectivity index (χ4v) is 2.33. The molecule has 1 aliphatic rings. The molecule has 1 aromatic heterocycles. The molecule has 0 spiro atoms. The topological polar surface area (TPSA) is 37.4 Å². The molecule has 0 amide bonds. The summed E-state index contributed by atoms with van der Waals surface area (Å²) in [5.41, 5.74) is 2.50. The number of hydrogen-bond donors (Lipinski definition) is 1. The Balaban J connectivity index is 2.13. The Morgan fingerprint density at radius 3 is 3.06 bits per heavy atom. The van der Waals surface area contributed by atoms with Crippen LogP contribution in [0.4, 0.5) is 5.82 Å². The molecular formula is C14H23N3O. The standard InChI is InChI=1S/C14H23N3O/c1-4-15-8-13-7-11(2)14(16-9-13)17-5-6-18-10-12(17)3/h7,9,12,15H,4-6,8,10H2,1-3H3. The van der Waals surface area contributed by atoms with Crippen LogP contribution >= 0.6 is 0 Å². The van der Waals surface area contributed by atoms with Gasteiger partial charge in [0.05, 0.1) is 19.3 Å². The van der Waals surface area contributed by atoms with Crippen molar-refractivity contribution in [3.63, 3.8) is 0 Å². The van der Waals surface area contributed by atoms with Gasteiger partial charge in [0.15, 0.2) is 0 Å². The van der Waals surface area contributed by atoms with Crippen molar-refractivity contribution >= 4 is 5.82 Å². The van der Waals surface area contributed by atoms with Gasteiger partial charge in [-0.3, -0.25) is 0 Å². The molecule has 4 heteroatoms. The third-order valence-corrected chi connectivity index (χ3v) is 3.33. The Bertz CT molecular complexity index is 395. The molecule has 18 heavy (non-hydrogen) atoms. The highest BCUT2D eigenvalue weighted by Crippen LogP contribution is 2.21. The molecule has 1 aromatic rings. The zero-order chi connectivity index (χ0) is 13.0. The molecule has 0 saturated carbocycles. The Morgan fingerprint density at radius 1 is 1.56 bits per heavy atom. The average Bonchev–Trinajstić information content (AvgIpc) is 2.38. The summed E-state index contributed by atoms with van der Waals surface area (Å²) in [6.07, 6.45) is 1.98. The van der Waals surface area contributed by atoms with Gasteiger partial charge < -0.3 is 15.0 Å². The first-order chi connectivity index (χ1) is 8.72. The number of ether oxygens (including phenoxy) is 1. The van der Waals surface area contributed by atoms with E-state index in [0.717, 1.165) is 38.7 Å². The largest absolute Gasteiger partial charge is 0.377 e. The third-order valence-electron chi connectivity index (χ3n) is 3.33. The fraction of sp³-hybridized carbons (Fsp3) is 0.643. The minimum atomic E-state index is 0.407. The molecule has 2 heterocycles. The number of nitrogens with one attached hydrogen (secondary N) is 1. The van der Waals surface area contributed by atoms with E-state index < -0.39 is 0 Å². The van der Waals surface area contributed by atoms with E-state index in [2.05, 4.69) is 42.0 Å². The van der Waals surface area contributed by atoms with E-state index in [1.54, 1.807) is 0 Å². The molecule has 1 unspecified atom stereocenters. The van der Waals surface area contributed by atoms with E-state index in [1.807, 2.05) is 6.20 Å². The first kappa shape index (κ1) is 13.3. The van der Waals surface area contributed by atoms with Crippen molar-refractivity contribution in [3.8, 4) is 0 Å². The van der Waals surface area contributed by atoms with Crippen molar-refractivity contribution in [1.82, 2.24) is 10.3 Å². The van der Waals surface area contributed by atoms with Gasteiger partial charge in [-0.05, 0) is 37.6 Å². The lowest BCUT2D eigenvalue weighted by atomic mass is 10.1. The fourth-order valence-electron chi connectivity index (χ4n) is 2.33. The minimum absolute atomic E-state index is 0.407. The highest BCUT2D eigenvalue weighted by molar-refractivity contribution is 5.48. The molecule has 100 valence electrons. The van der Waals surface area contributed by atoms with Crippen LogP contribution < -0.4 is 10.2 Å².